The molecule has 0 spiro atoms. The molecule has 0 unspecified atom stereocenters. The zero-order valence-corrected chi connectivity index (χ0v) is 12.4. The third kappa shape index (κ3) is 4.59. The molecule has 0 saturated heterocycles. The van der Waals surface area contributed by atoms with Crippen LogP contribution in [0.3, 0.4) is 0 Å². The average Bonchev–Trinajstić information content (AvgIpc) is 2.28. The molecular formula is C13H20ClNO2S. The fourth-order valence-electron chi connectivity index (χ4n) is 1.78. The number of hydrogen-bond acceptors (Lipinski definition) is 2. The summed E-state index contributed by atoms with van der Waals surface area (Å²) in [7, 11) is -3.38. The predicted octanol–water partition coefficient (Wildman–Crippen LogP) is 2.99. The maximum Gasteiger partial charge on any atom is 0.240 e. The lowest BCUT2D eigenvalue weighted by molar-refractivity contribution is 0.575. The molecule has 3 nitrogen and oxygen atoms in total. The van der Waals surface area contributed by atoms with Crippen molar-refractivity contribution in [2.24, 2.45) is 0 Å². The lowest BCUT2D eigenvalue weighted by atomic mass is 10.2. The third-order valence-corrected chi connectivity index (χ3v) is 4.61. The van der Waals surface area contributed by atoms with Gasteiger partial charge in [-0.2, -0.15) is 0 Å². The van der Waals surface area contributed by atoms with Crippen LogP contribution in [0.4, 0.5) is 0 Å². The fraction of sp³-hybridized carbons (Fsp3) is 0.538. The molecule has 0 aliphatic rings. The Bertz CT molecular complexity index is 486. The molecule has 1 N–H and O–H groups in total. The summed E-state index contributed by atoms with van der Waals surface area (Å²) in [4.78, 5) is 0.366. The van der Waals surface area contributed by atoms with Crippen molar-refractivity contribution in [2.75, 3.05) is 12.4 Å². The zero-order chi connectivity index (χ0) is 13.6. The standard InChI is InChI=1S/C13H20ClNO2S/c1-11-6-7-13(12(2)10-11)18(16,17)15-9-5-3-4-8-14/h6-7,10,15H,3-5,8-9H2,1-2H3. The lowest BCUT2D eigenvalue weighted by Gasteiger charge is -2.09. The van der Waals surface area contributed by atoms with E-state index in [1.165, 1.54) is 0 Å². The van der Waals surface area contributed by atoms with Gasteiger partial charge in [0.05, 0.1) is 4.90 Å². The fourth-order valence-corrected chi connectivity index (χ4v) is 3.27. The molecular weight excluding hydrogens is 270 g/mol. The molecule has 0 saturated carbocycles. The number of alkyl halides is 1. The van der Waals surface area contributed by atoms with Crippen LogP contribution in [0.25, 0.3) is 0 Å². The summed E-state index contributed by atoms with van der Waals surface area (Å²) in [5, 5.41) is 0. The van der Waals surface area contributed by atoms with E-state index in [9.17, 15) is 8.42 Å². The van der Waals surface area contributed by atoms with Gasteiger partial charge in [-0.05, 0) is 38.3 Å². The highest BCUT2D eigenvalue weighted by Crippen LogP contribution is 2.16. The van der Waals surface area contributed by atoms with Crippen LogP contribution in [-0.2, 0) is 10.0 Å². The van der Waals surface area contributed by atoms with E-state index >= 15 is 0 Å². The smallest absolute Gasteiger partial charge is 0.211 e. The number of benzene rings is 1. The molecule has 0 aromatic heterocycles. The topological polar surface area (TPSA) is 46.2 Å². The number of rotatable bonds is 7. The van der Waals surface area contributed by atoms with Gasteiger partial charge >= 0.3 is 0 Å². The van der Waals surface area contributed by atoms with Gasteiger partial charge in [0, 0.05) is 12.4 Å². The number of nitrogens with one attached hydrogen (secondary N) is 1. The van der Waals surface area contributed by atoms with Gasteiger partial charge in [-0.25, -0.2) is 13.1 Å². The monoisotopic (exact) mass is 289 g/mol. The average molecular weight is 290 g/mol. The first-order valence-corrected chi connectivity index (χ1v) is 8.12. The van der Waals surface area contributed by atoms with Gasteiger partial charge in [0.2, 0.25) is 10.0 Å². The van der Waals surface area contributed by atoms with Gasteiger partial charge < -0.3 is 0 Å². The predicted molar refractivity (Wildman–Crippen MR) is 75.7 cm³/mol. The van der Waals surface area contributed by atoms with Crippen molar-refractivity contribution in [1.29, 1.82) is 0 Å². The molecule has 1 aromatic rings. The van der Waals surface area contributed by atoms with E-state index in [1.807, 2.05) is 26.0 Å². The highest BCUT2D eigenvalue weighted by molar-refractivity contribution is 7.89. The molecule has 0 heterocycles. The molecule has 102 valence electrons. The summed E-state index contributed by atoms with van der Waals surface area (Å²) >= 11 is 5.56. The SMILES string of the molecule is Cc1ccc(S(=O)(=O)NCCCCCCl)c(C)c1. The summed E-state index contributed by atoms with van der Waals surface area (Å²) < 4.78 is 26.7. The molecule has 0 aliphatic carbocycles. The maximum absolute atomic E-state index is 12.1. The number of hydrogen-bond donors (Lipinski definition) is 1. The Balaban J connectivity index is 2.63. The Morgan fingerprint density at radius 2 is 1.89 bits per heavy atom. The maximum atomic E-state index is 12.1. The second-order valence-corrected chi connectivity index (χ2v) is 6.53. The molecule has 0 atom stereocenters. The molecule has 0 bridgehead atoms. The van der Waals surface area contributed by atoms with Crippen molar-refractivity contribution in [1.82, 2.24) is 4.72 Å². The van der Waals surface area contributed by atoms with Crippen molar-refractivity contribution >= 4 is 21.6 Å². The summed E-state index contributed by atoms with van der Waals surface area (Å²) in [5.74, 6) is 0.629. The van der Waals surface area contributed by atoms with E-state index in [-0.39, 0.29) is 0 Å². The van der Waals surface area contributed by atoms with Crippen LogP contribution in [-0.4, -0.2) is 20.8 Å². The molecule has 0 fully saturated rings. The van der Waals surface area contributed by atoms with E-state index in [2.05, 4.69) is 4.72 Å². The van der Waals surface area contributed by atoms with Crippen molar-refractivity contribution in [3.63, 3.8) is 0 Å². The van der Waals surface area contributed by atoms with E-state index < -0.39 is 10.0 Å². The molecule has 0 amide bonds. The van der Waals surface area contributed by atoms with E-state index in [0.717, 1.165) is 30.4 Å². The normalized spacial score (nSPS) is 11.7. The molecule has 1 rings (SSSR count). The Kier molecular flexibility index (Phi) is 6.12. The van der Waals surface area contributed by atoms with Crippen LogP contribution >= 0.6 is 11.6 Å². The van der Waals surface area contributed by atoms with E-state index in [0.29, 0.717) is 17.3 Å². The van der Waals surface area contributed by atoms with Crippen LogP contribution in [0.15, 0.2) is 23.1 Å². The van der Waals surface area contributed by atoms with Gasteiger partial charge in [0.1, 0.15) is 0 Å². The Labute approximate surface area is 115 Å². The molecule has 0 aliphatic heterocycles. The largest absolute Gasteiger partial charge is 0.240 e. The second kappa shape index (κ2) is 7.12. The number of halogens is 1. The van der Waals surface area contributed by atoms with Crippen molar-refractivity contribution in [3.8, 4) is 0 Å². The minimum Gasteiger partial charge on any atom is -0.211 e. The Morgan fingerprint density at radius 3 is 2.50 bits per heavy atom. The third-order valence-electron chi connectivity index (χ3n) is 2.72. The molecule has 18 heavy (non-hydrogen) atoms. The quantitative estimate of drug-likeness (QED) is 0.619. The Morgan fingerprint density at radius 1 is 1.17 bits per heavy atom. The summed E-state index contributed by atoms with van der Waals surface area (Å²) in [6, 6.07) is 5.35. The van der Waals surface area contributed by atoms with Gasteiger partial charge in [-0.3, -0.25) is 0 Å². The molecule has 0 radical (unpaired) electrons. The van der Waals surface area contributed by atoms with Crippen LogP contribution in [0.1, 0.15) is 30.4 Å². The van der Waals surface area contributed by atoms with E-state index in [1.54, 1.807) is 6.07 Å². The van der Waals surface area contributed by atoms with Crippen LogP contribution < -0.4 is 4.72 Å². The van der Waals surface area contributed by atoms with E-state index in [4.69, 9.17) is 11.6 Å². The summed E-state index contributed by atoms with van der Waals surface area (Å²) in [6.45, 7) is 4.23. The van der Waals surface area contributed by atoms with Crippen molar-refractivity contribution < 1.29 is 8.42 Å². The van der Waals surface area contributed by atoms with Gasteiger partial charge in [0.15, 0.2) is 0 Å². The van der Waals surface area contributed by atoms with Crippen LogP contribution in [0.2, 0.25) is 0 Å². The zero-order valence-electron chi connectivity index (χ0n) is 10.9. The molecule has 1 aromatic carbocycles. The van der Waals surface area contributed by atoms with Crippen molar-refractivity contribution in [3.05, 3.63) is 29.3 Å². The first-order valence-electron chi connectivity index (χ1n) is 6.10. The van der Waals surface area contributed by atoms with Crippen LogP contribution in [0.5, 0.6) is 0 Å². The number of unbranched alkanes of at least 4 members (excludes halogenated alkanes) is 2. The summed E-state index contributed by atoms with van der Waals surface area (Å²) in [5.41, 5.74) is 1.84. The lowest BCUT2D eigenvalue weighted by Crippen LogP contribution is -2.25. The highest BCUT2D eigenvalue weighted by atomic mass is 35.5. The minimum absolute atomic E-state index is 0.366. The number of aryl methyl sites for hydroxylation is 2. The molecule has 5 heteroatoms. The highest BCUT2D eigenvalue weighted by Gasteiger charge is 2.15. The van der Waals surface area contributed by atoms with Gasteiger partial charge in [-0.1, -0.05) is 24.1 Å². The van der Waals surface area contributed by atoms with Crippen LogP contribution in [0, 0.1) is 13.8 Å². The number of sulfonamides is 1. The van der Waals surface area contributed by atoms with Crippen molar-refractivity contribution in [2.45, 2.75) is 38.0 Å². The summed E-state index contributed by atoms with van der Waals surface area (Å²) in [6.07, 6.45) is 2.68. The first-order chi connectivity index (χ1) is 8.47. The first kappa shape index (κ1) is 15.5. The van der Waals surface area contributed by atoms with Gasteiger partial charge in [-0.15, -0.1) is 11.6 Å². The second-order valence-electron chi connectivity index (χ2n) is 4.42. The Hall–Kier alpha value is -0.580. The van der Waals surface area contributed by atoms with Gasteiger partial charge in [0.25, 0.3) is 0 Å². The minimum atomic E-state index is -3.38.